The molecule has 3 aliphatic rings. The SMILES string of the molecule is CC.CC1CC2(C)CCC(N)(CC1C)C1(C)CCCC2(C)C1. The third kappa shape index (κ3) is 2.56. The fourth-order valence-electron chi connectivity index (χ4n) is 6.33. The van der Waals surface area contributed by atoms with Crippen molar-refractivity contribution < 1.29 is 0 Å². The zero-order valence-electron chi connectivity index (χ0n) is 16.4. The van der Waals surface area contributed by atoms with Crippen molar-refractivity contribution >= 4 is 0 Å². The molecule has 130 valence electrons. The van der Waals surface area contributed by atoms with E-state index in [1.54, 1.807) is 0 Å². The zero-order valence-corrected chi connectivity index (χ0v) is 16.4. The van der Waals surface area contributed by atoms with Gasteiger partial charge in [0.1, 0.15) is 0 Å². The summed E-state index contributed by atoms with van der Waals surface area (Å²) in [6.07, 6.45) is 10.8. The third-order valence-corrected chi connectivity index (χ3v) is 8.45. The Morgan fingerprint density at radius 2 is 1.27 bits per heavy atom. The van der Waals surface area contributed by atoms with E-state index in [-0.39, 0.29) is 5.54 Å². The summed E-state index contributed by atoms with van der Waals surface area (Å²) in [5.74, 6) is 1.60. The van der Waals surface area contributed by atoms with Gasteiger partial charge in [0, 0.05) is 5.54 Å². The summed E-state index contributed by atoms with van der Waals surface area (Å²) in [6, 6.07) is 0. The largest absolute Gasteiger partial charge is 0.325 e. The molecular weight excluding hydrogens is 266 g/mol. The molecule has 0 radical (unpaired) electrons. The fourth-order valence-corrected chi connectivity index (χ4v) is 6.33. The highest BCUT2D eigenvalue weighted by Gasteiger charge is 2.60. The van der Waals surface area contributed by atoms with Crippen LogP contribution in [-0.4, -0.2) is 5.54 Å². The van der Waals surface area contributed by atoms with Crippen molar-refractivity contribution in [3.8, 4) is 0 Å². The normalized spacial score (nSPS) is 54.5. The van der Waals surface area contributed by atoms with Crippen LogP contribution in [0.4, 0.5) is 0 Å². The standard InChI is InChI=1S/C19H35N.C2H6/c1-14-11-16(3)9-10-19(20,12-15(14)2)18(5)8-6-7-17(16,4)13-18;1-2/h14-15H,6-13,20H2,1-5H3;1-2H3. The van der Waals surface area contributed by atoms with Crippen LogP contribution in [0.25, 0.3) is 0 Å². The Morgan fingerprint density at radius 3 is 1.91 bits per heavy atom. The van der Waals surface area contributed by atoms with Crippen molar-refractivity contribution in [1.29, 1.82) is 0 Å². The average molecular weight is 308 g/mol. The molecule has 2 N–H and O–H groups in total. The minimum absolute atomic E-state index is 0.0839. The molecule has 0 heterocycles. The first-order valence-electron chi connectivity index (χ1n) is 9.92. The Morgan fingerprint density at radius 1 is 0.727 bits per heavy atom. The van der Waals surface area contributed by atoms with E-state index in [1.165, 1.54) is 51.4 Å². The van der Waals surface area contributed by atoms with Gasteiger partial charge in [-0.1, -0.05) is 54.9 Å². The molecule has 0 saturated heterocycles. The predicted octanol–water partition coefficient (Wildman–Crippen LogP) is 6.16. The molecule has 3 saturated carbocycles. The molecular formula is C21H41N. The van der Waals surface area contributed by atoms with Gasteiger partial charge in [0.05, 0.1) is 0 Å². The number of hydrogen-bond acceptors (Lipinski definition) is 1. The van der Waals surface area contributed by atoms with E-state index in [2.05, 4.69) is 34.6 Å². The molecule has 0 aliphatic heterocycles. The minimum Gasteiger partial charge on any atom is -0.325 e. The summed E-state index contributed by atoms with van der Waals surface area (Å²) < 4.78 is 0. The third-order valence-electron chi connectivity index (χ3n) is 8.45. The van der Waals surface area contributed by atoms with Gasteiger partial charge in [-0.15, -0.1) is 0 Å². The lowest BCUT2D eigenvalue weighted by Crippen LogP contribution is -2.56. The van der Waals surface area contributed by atoms with Crippen molar-refractivity contribution in [2.75, 3.05) is 0 Å². The first kappa shape index (κ1) is 18.3. The Bertz CT molecular complexity index is 369. The summed E-state index contributed by atoms with van der Waals surface area (Å²) in [5.41, 5.74) is 8.59. The van der Waals surface area contributed by atoms with Crippen LogP contribution in [0.1, 0.15) is 99.8 Å². The zero-order chi connectivity index (χ0) is 16.8. The van der Waals surface area contributed by atoms with Crippen molar-refractivity contribution in [1.82, 2.24) is 0 Å². The van der Waals surface area contributed by atoms with Gasteiger partial charge >= 0.3 is 0 Å². The van der Waals surface area contributed by atoms with Crippen LogP contribution >= 0.6 is 0 Å². The highest BCUT2D eigenvalue weighted by molar-refractivity contribution is 5.13. The smallest absolute Gasteiger partial charge is 0.0211 e. The van der Waals surface area contributed by atoms with Crippen molar-refractivity contribution in [3.63, 3.8) is 0 Å². The Hall–Kier alpha value is -0.0400. The number of fused-ring (bicyclic) bond motifs is 7. The molecule has 6 unspecified atom stereocenters. The predicted molar refractivity (Wildman–Crippen MR) is 97.9 cm³/mol. The second kappa shape index (κ2) is 5.80. The molecule has 0 spiro atoms. The lowest BCUT2D eigenvalue weighted by molar-refractivity contribution is -0.0301. The second-order valence-electron chi connectivity index (χ2n) is 9.73. The van der Waals surface area contributed by atoms with E-state index in [4.69, 9.17) is 5.73 Å². The summed E-state index contributed by atoms with van der Waals surface area (Å²) in [4.78, 5) is 0. The summed E-state index contributed by atoms with van der Waals surface area (Å²) in [7, 11) is 0. The van der Waals surface area contributed by atoms with Crippen LogP contribution in [0.15, 0.2) is 0 Å². The average Bonchev–Trinajstić information content (AvgIpc) is 2.48. The van der Waals surface area contributed by atoms with Gasteiger partial charge in [-0.25, -0.2) is 0 Å². The molecule has 0 aromatic rings. The maximum absolute atomic E-state index is 7.12. The molecule has 3 fully saturated rings. The quantitative estimate of drug-likeness (QED) is 0.569. The molecule has 4 bridgehead atoms. The van der Waals surface area contributed by atoms with Gasteiger partial charge in [0.2, 0.25) is 0 Å². The van der Waals surface area contributed by atoms with Crippen LogP contribution in [-0.2, 0) is 0 Å². The Balaban J connectivity index is 0.000000847. The molecule has 3 rings (SSSR count). The van der Waals surface area contributed by atoms with E-state index in [0.717, 1.165) is 11.8 Å². The lowest BCUT2D eigenvalue weighted by atomic mass is 9.51. The molecule has 0 aromatic heterocycles. The molecule has 6 atom stereocenters. The molecule has 0 amide bonds. The highest BCUT2D eigenvalue weighted by atomic mass is 14.8. The van der Waals surface area contributed by atoms with Gasteiger partial charge in [-0.2, -0.15) is 0 Å². The number of nitrogens with two attached hydrogens (primary N) is 1. The maximum atomic E-state index is 7.12. The van der Waals surface area contributed by atoms with Gasteiger partial charge < -0.3 is 5.73 Å². The van der Waals surface area contributed by atoms with Crippen molar-refractivity contribution in [3.05, 3.63) is 0 Å². The summed E-state index contributed by atoms with van der Waals surface area (Å²) in [5, 5.41) is 0. The van der Waals surface area contributed by atoms with Crippen molar-refractivity contribution in [2.24, 2.45) is 33.8 Å². The molecule has 22 heavy (non-hydrogen) atoms. The van der Waals surface area contributed by atoms with Crippen LogP contribution in [0, 0.1) is 28.1 Å². The lowest BCUT2D eigenvalue weighted by Gasteiger charge is -2.54. The van der Waals surface area contributed by atoms with Crippen LogP contribution in [0.3, 0.4) is 0 Å². The summed E-state index contributed by atoms with van der Waals surface area (Å²) in [6.45, 7) is 16.7. The van der Waals surface area contributed by atoms with E-state index in [0.29, 0.717) is 16.2 Å². The van der Waals surface area contributed by atoms with Crippen molar-refractivity contribution in [2.45, 2.75) is 105 Å². The summed E-state index contributed by atoms with van der Waals surface area (Å²) >= 11 is 0. The van der Waals surface area contributed by atoms with E-state index >= 15 is 0 Å². The van der Waals surface area contributed by atoms with Gasteiger partial charge in [0.15, 0.2) is 0 Å². The number of rotatable bonds is 0. The van der Waals surface area contributed by atoms with Gasteiger partial charge in [0.25, 0.3) is 0 Å². The van der Waals surface area contributed by atoms with Gasteiger partial charge in [-0.05, 0) is 73.0 Å². The maximum Gasteiger partial charge on any atom is 0.0211 e. The molecule has 3 aliphatic carbocycles. The Labute approximate surface area is 139 Å². The molecule has 0 aromatic carbocycles. The molecule has 1 heteroatoms. The van der Waals surface area contributed by atoms with E-state index < -0.39 is 0 Å². The van der Waals surface area contributed by atoms with Crippen LogP contribution < -0.4 is 5.73 Å². The van der Waals surface area contributed by atoms with E-state index in [1.807, 2.05) is 13.8 Å². The molecule has 1 nitrogen and oxygen atoms in total. The Kier molecular flexibility index (Phi) is 4.82. The van der Waals surface area contributed by atoms with E-state index in [9.17, 15) is 0 Å². The van der Waals surface area contributed by atoms with Gasteiger partial charge in [-0.3, -0.25) is 0 Å². The minimum atomic E-state index is 0.0839. The first-order valence-corrected chi connectivity index (χ1v) is 9.92. The monoisotopic (exact) mass is 307 g/mol. The van der Waals surface area contributed by atoms with Crippen LogP contribution in [0.5, 0.6) is 0 Å². The topological polar surface area (TPSA) is 26.0 Å². The fraction of sp³-hybridized carbons (Fsp3) is 1.00. The number of hydrogen-bond donors (Lipinski definition) is 1. The van der Waals surface area contributed by atoms with Crippen LogP contribution in [0.2, 0.25) is 0 Å². The second-order valence-corrected chi connectivity index (χ2v) is 9.73. The first-order chi connectivity index (χ1) is 10.1. The highest BCUT2D eigenvalue weighted by Crippen LogP contribution is 2.67.